The highest BCUT2D eigenvalue weighted by Gasteiger charge is 2.03. The molecule has 0 aliphatic rings. The first kappa shape index (κ1) is 13.1. The minimum atomic E-state index is -0.431. The molecule has 1 aromatic rings. The van der Waals surface area contributed by atoms with Crippen molar-refractivity contribution in [2.75, 3.05) is 12.5 Å². The van der Waals surface area contributed by atoms with E-state index in [9.17, 15) is 5.11 Å². The number of aliphatic hydroxyl groups excluding tert-OH is 1. The maximum Gasteiger partial charge on any atom is 0.120 e. The second-order valence-corrected chi connectivity index (χ2v) is 3.90. The molecule has 3 heteroatoms. The van der Waals surface area contributed by atoms with E-state index in [0.29, 0.717) is 13.0 Å². The number of aliphatic hydroxyl groups is 1. The van der Waals surface area contributed by atoms with E-state index >= 15 is 0 Å². The number of halogens is 1. The lowest BCUT2D eigenvalue weighted by atomic mass is 10.1. The zero-order valence-corrected chi connectivity index (χ0v) is 9.99. The van der Waals surface area contributed by atoms with Crippen molar-refractivity contribution in [1.29, 1.82) is 0 Å². The molecule has 1 atom stereocenters. The van der Waals surface area contributed by atoms with Gasteiger partial charge in [0.25, 0.3) is 0 Å². The molecule has 0 bridgehead atoms. The molecule has 0 fully saturated rings. The molecule has 0 radical (unpaired) electrons. The van der Waals surface area contributed by atoms with Crippen LogP contribution in [0.5, 0.6) is 5.75 Å². The van der Waals surface area contributed by atoms with Crippen LogP contribution in [0, 0.1) is 0 Å². The van der Waals surface area contributed by atoms with Crippen molar-refractivity contribution >= 4 is 11.6 Å². The molecule has 88 valence electrons. The summed E-state index contributed by atoms with van der Waals surface area (Å²) in [7, 11) is 0. The van der Waals surface area contributed by atoms with E-state index in [1.807, 2.05) is 24.3 Å². The Morgan fingerprint density at radius 2 is 2.31 bits per heavy atom. The van der Waals surface area contributed by atoms with Crippen LogP contribution in [0.15, 0.2) is 36.9 Å². The predicted octanol–water partition coefficient (Wildman–Crippen LogP) is 2.78. The van der Waals surface area contributed by atoms with Crippen LogP contribution in [0.2, 0.25) is 0 Å². The Bertz CT molecular complexity index is 325. The fraction of sp³-hybridized carbons (Fsp3) is 0.385. The first-order valence-corrected chi connectivity index (χ1v) is 5.86. The van der Waals surface area contributed by atoms with Gasteiger partial charge in [-0.3, -0.25) is 0 Å². The minimum absolute atomic E-state index is 0.284. The Morgan fingerprint density at radius 1 is 1.50 bits per heavy atom. The van der Waals surface area contributed by atoms with E-state index in [4.69, 9.17) is 16.3 Å². The van der Waals surface area contributed by atoms with Crippen LogP contribution in [0.3, 0.4) is 0 Å². The molecule has 0 saturated heterocycles. The van der Waals surface area contributed by atoms with E-state index in [-0.39, 0.29) is 5.88 Å². The first-order chi connectivity index (χ1) is 7.76. The number of hydrogen-bond acceptors (Lipinski definition) is 2. The normalized spacial score (nSPS) is 12.1. The number of hydrogen-bond donors (Lipinski definition) is 1. The lowest BCUT2D eigenvalue weighted by molar-refractivity contribution is 0.188. The van der Waals surface area contributed by atoms with Crippen molar-refractivity contribution in [1.82, 2.24) is 0 Å². The summed E-state index contributed by atoms with van der Waals surface area (Å²) in [5, 5.41) is 9.35. The Labute approximate surface area is 102 Å². The lowest BCUT2D eigenvalue weighted by Crippen LogP contribution is -2.09. The Morgan fingerprint density at radius 3 is 3.00 bits per heavy atom. The third-order valence-electron chi connectivity index (χ3n) is 2.21. The summed E-state index contributed by atoms with van der Waals surface area (Å²) < 4.78 is 5.42. The molecule has 0 aliphatic carbocycles. The highest BCUT2D eigenvalue weighted by Crippen LogP contribution is 2.15. The standard InChI is InChI=1S/C13H17ClO2/c1-2-8-16-13-5-3-4-11(9-13)6-7-12(15)10-14/h2-5,9,12,15H,1,6-8,10H2/t12-/m0/s1. The van der Waals surface area contributed by atoms with Crippen molar-refractivity contribution < 1.29 is 9.84 Å². The number of ether oxygens (including phenoxy) is 1. The second-order valence-electron chi connectivity index (χ2n) is 3.59. The molecular weight excluding hydrogens is 224 g/mol. The molecular formula is C13H17ClO2. The van der Waals surface area contributed by atoms with E-state index in [0.717, 1.165) is 17.7 Å². The van der Waals surface area contributed by atoms with Gasteiger partial charge >= 0.3 is 0 Å². The minimum Gasteiger partial charge on any atom is -0.490 e. The maximum absolute atomic E-state index is 9.35. The van der Waals surface area contributed by atoms with Gasteiger partial charge in [-0.2, -0.15) is 0 Å². The Kier molecular flexibility index (Phi) is 5.98. The van der Waals surface area contributed by atoms with Gasteiger partial charge in [0, 0.05) is 5.88 Å². The average Bonchev–Trinajstić information content (AvgIpc) is 2.34. The Hall–Kier alpha value is -0.990. The monoisotopic (exact) mass is 240 g/mol. The van der Waals surface area contributed by atoms with Crippen LogP contribution in [0.25, 0.3) is 0 Å². The summed E-state index contributed by atoms with van der Waals surface area (Å²) in [6.45, 7) is 4.10. The molecule has 0 saturated carbocycles. The van der Waals surface area contributed by atoms with E-state index in [2.05, 4.69) is 6.58 Å². The van der Waals surface area contributed by atoms with Gasteiger partial charge in [0.05, 0.1) is 6.10 Å². The van der Waals surface area contributed by atoms with Crippen molar-refractivity contribution in [2.24, 2.45) is 0 Å². The van der Waals surface area contributed by atoms with Gasteiger partial charge in [-0.05, 0) is 30.5 Å². The number of benzene rings is 1. The zero-order valence-electron chi connectivity index (χ0n) is 9.23. The Balaban J connectivity index is 2.49. The molecule has 0 aromatic heterocycles. The molecule has 1 rings (SSSR count). The topological polar surface area (TPSA) is 29.5 Å². The lowest BCUT2D eigenvalue weighted by Gasteiger charge is -2.08. The molecule has 0 amide bonds. The predicted molar refractivity (Wildman–Crippen MR) is 67.2 cm³/mol. The third kappa shape index (κ3) is 4.69. The highest BCUT2D eigenvalue weighted by atomic mass is 35.5. The van der Waals surface area contributed by atoms with Crippen molar-refractivity contribution in [3.63, 3.8) is 0 Å². The summed E-state index contributed by atoms with van der Waals surface area (Å²) in [5.74, 6) is 1.12. The average molecular weight is 241 g/mol. The first-order valence-electron chi connectivity index (χ1n) is 5.33. The number of aryl methyl sites for hydroxylation is 1. The third-order valence-corrected chi connectivity index (χ3v) is 2.57. The van der Waals surface area contributed by atoms with Gasteiger partial charge < -0.3 is 9.84 Å². The molecule has 0 aliphatic heterocycles. The second kappa shape index (κ2) is 7.31. The zero-order chi connectivity index (χ0) is 11.8. The largest absolute Gasteiger partial charge is 0.490 e. The van der Waals surface area contributed by atoms with Crippen LogP contribution in [0.4, 0.5) is 0 Å². The van der Waals surface area contributed by atoms with Gasteiger partial charge in [-0.25, -0.2) is 0 Å². The molecule has 1 N–H and O–H groups in total. The smallest absolute Gasteiger partial charge is 0.120 e. The van der Waals surface area contributed by atoms with Crippen molar-refractivity contribution in [2.45, 2.75) is 18.9 Å². The van der Waals surface area contributed by atoms with Gasteiger partial charge in [0.1, 0.15) is 12.4 Å². The van der Waals surface area contributed by atoms with E-state index in [1.165, 1.54) is 0 Å². The fourth-order valence-electron chi connectivity index (χ4n) is 1.36. The molecule has 1 aromatic carbocycles. The summed E-state index contributed by atoms with van der Waals surface area (Å²) in [6.07, 6.45) is 2.76. The van der Waals surface area contributed by atoms with Gasteiger partial charge in [-0.1, -0.05) is 24.8 Å². The summed E-state index contributed by atoms with van der Waals surface area (Å²) in [4.78, 5) is 0. The maximum atomic E-state index is 9.35. The van der Waals surface area contributed by atoms with E-state index in [1.54, 1.807) is 6.08 Å². The van der Waals surface area contributed by atoms with Gasteiger partial charge in [0.15, 0.2) is 0 Å². The van der Waals surface area contributed by atoms with E-state index < -0.39 is 6.10 Å². The fourth-order valence-corrected chi connectivity index (χ4v) is 1.51. The highest BCUT2D eigenvalue weighted by molar-refractivity contribution is 6.18. The van der Waals surface area contributed by atoms with Crippen LogP contribution < -0.4 is 4.74 Å². The molecule has 0 heterocycles. The summed E-state index contributed by atoms with van der Waals surface area (Å²) in [5.41, 5.74) is 1.14. The van der Waals surface area contributed by atoms with Crippen LogP contribution >= 0.6 is 11.6 Å². The van der Waals surface area contributed by atoms with Crippen LogP contribution in [-0.4, -0.2) is 23.7 Å². The number of alkyl halides is 1. The number of rotatable bonds is 7. The molecule has 16 heavy (non-hydrogen) atoms. The SMILES string of the molecule is C=CCOc1cccc(CC[C@H](O)CCl)c1. The van der Waals surface area contributed by atoms with Crippen molar-refractivity contribution in [3.05, 3.63) is 42.5 Å². The van der Waals surface area contributed by atoms with Gasteiger partial charge in [-0.15, -0.1) is 11.6 Å². The van der Waals surface area contributed by atoms with Crippen molar-refractivity contribution in [3.8, 4) is 5.75 Å². The van der Waals surface area contributed by atoms with Crippen LogP contribution in [-0.2, 0) is 6.42 Å². The molecule has 0 unspecified atom stereocenters. The summed E-state index contributed by atoms with van der Waals surface area (Å²) >= 11 is 5.53. The van der Waals surface area contributed by atoms with Crippen LogP contribution in [0.1, 0.15) is 12.0 Å². The van der Waals surface area contributed by atoms with Gasteiger partial charge in [0.2, 0.25) is 0 Å². The summed E-state index contributed by atoms with van der Waals surface area (Å²) in [6, 6.07) is 7.85. The molecule has 0 spiro atoms. The quantitative estimate of drug-likeness (QED) is 0.587. The molecule has 2 nitrogen and oxygen atoms in total.